The second kappa shape index (κ2) is 5.56. The quantitative estimate of drug-likeness (QED) is 0.618. The number of rotatable bonds is 3. The first kappa shape index (κ1) is 15.1. The van der Waals surface area contributed by atoms with Crippen LogP contribution in [-0.4, -0.2) is 58.8 Å². The van der Waals surface area contributed by atoms with Crippen molar-refractivity contribution in [3.8, 4) is 0 Å². The van der Waals surface area contributed by atoms with Gasteiger partial charge in [0.15, 0.2) is 0 Å². The van der Waals surface area contributed by atoms with E-state index in [1.807, 2.05) is 11.0 Å². The SMILES string of the molecule is O=C1c2ccc(C(O)C3(O)CNC3)cc2CN1C1CCCNC1. The van der Waals surface area contributed by atoms with Gasteiger partial charge < -0.3 is 25.7 Å². The highest BCUT2D eigenvalue weighted by Crippen LogP contribution is 2.33. The Labute approximate surface area is 135 Å². The van der Waals surface area contributed by atoms with Crippen molar-refractivity contribution in [1.29, 1.82) is 0 Å². The number of piperidine rings is 1. The van der Waals surface area contributed by atoms with E-state index in [0.29, 0.717) is 25.2 Å². The van der Waals surface area contributed by atoms with Gasteiger partial charge in [-0.1, -0.05) is 12.1 Å². The number of fused-ring (bicyclic) bond motifs is 1. The first-order valence-electron chi connectivity index (χ1n) is 8.34. The van der Waals surface area contributed by atoms with Gasteiger partial charge in [0.05, 0.1) is 0 Å². The molecule has 0 aromatic heterocycles. The van der Waals surface area contributed by atoms with Crippen molar-refractivity contribution < 1.29 is 15.0 Å². The summed E-state index contributed by atoms with van der Waals surface area (Å²) >= 11 is 0. The van der Waals surface area contributed by atoms with Gasteiger partial charge in [-0.15, -0.1) is 0 Å². The van der Waals surface area contributed by atoms with Crippen LogP contribution in [0.25, 0.3) is 0 Å². The molecule has 124 valence electrons. The predicted molar refractivity (Wildman–Crippen MR) is 85.0 cm³/mol. The van der Waals surface area contributed by atoms with Gasteiger partial charge in [0.1, 0.15) is 11.7 Å². The van der Waals surface area contributed by atoms with Gasteiger partial charge >= 0.3 is 0 Å². The fourth-order valence-electron chi connectivity index (χ4n) is 3.81. The van der Waals surface area contributed by atoms with Gasteiger partial charge in [-0.25, -0.2) is 0 Å². The van der Waals surface area contributed by atoms with E-state index in [2.05, 4.69) is 10.6 Å². The maximum Gasteiger partial charge on any atom is 0.254 e. The summed E-state index contributed by atoms with van der Waals surface area (Å²) in [6.07, 6.45) is 1.21. The largest absolute Gasteiger partial charge is 0.385 e. The average molecular weight is 317 g/mol. The van der Waals surface area contributed by atoms with Crippen LogP contribution in [0.15, 0.2) is 18.2 Å². The van der Waals surface area contributed by atoms with Crippen molar-refractivity contribution >= 4 is 5.91 Å². The van der Waals surface area contributed by atoms with Gasteiger partial charge in [-0.3, -0.25) is 4.79 Å². The number of amides is 1. The van der Waals surface area contributed by atoms with E-state index in [1.54, 1.807) is 12.1 Å². The van der Waals surface area contributed by atoms with E-state index in [4.69, 9.17) is 0 Å². The minimum atomic E-state index is -1.09. The van der Waals surface area contributed by atoms with Crippen LogP contribution >= 0.6 is 0 Å². The van der Waals surface area contributed by atoms with E-state index < -0.39 is 11.7 Å². The van der Waals surface area contributed by atoms with Gasteiger partial charge in [0, 0.05) is 37.8 Å². The number of carbonyl (C=O) groups excluding carboxylic acids is 1. The second-order valence-corrected chi connectivity index (χ2v) is 6.96. The number of carbonyl (C=O) groups is 1. The second-order valence-electron chi connectivity index (χ2n) is 6.96. The zero-order chi connectivity index (χ0) is 16.0. The Hall–Kier alpha value is -1.47. The number of benzene rings is 1. The van der Waals surface area contributed by atoms with Crippen LogP contribution in [0.4, 0.5) is 0 Å². The third-order valence-corrected chi connectivity index (χ3v) is 5.36. The first-order chi connectivity index (χ1) is 11.1. The lowest BCUT2D eigenvalue weighted by atomic mass is 9.85. The van der Waals surface area contributed by atoms with Crippen molar-refractivity contribution in [1.82, 2.24) is 15.5 Å². The molecule has 4 N–H and O–H groups in total. The Bertz CT molecular complexity index is 624. The Kier molecular flexibility index (Phi) is 3.65. The lowest BCUT2D eigenvalue weighted by Crippen LogP contribution is -2.62. The molecule has 1 aromatic carbocycles. The molecule has 0 bridgehead atoms. The molecule has 2 unspecified atom stereocenters. The molecule has 2 saturated heterocycles. The summed E-state index contributed by atoms with van der Waals surface area (Å²) in [5, 5.41) is 27.0. The lowest BCUT2D eigenvalue weighted by Gasteiger charge is -2.41. The molecule has 0 saturated carbocycles. The molecule has 1 amide bonds. The molecule has 6 nitrogen and oxygen atoms in total. The molecule has 2 fully saturated rings. The van der Waals surface area contributed by atoms with Crippen molar-refractivity contribution in [2.75, 3.05) is 26.2 Å². The van der Waals surface area contributed by atoms with E-state index in [1.165, 1.54) is 0 Å². The molecular formula is C17H23N3O3. The summed E-state index contributed by atoms with van der Waals surface area (Å²) in [5.41, 5.74) is 1.27. The fourth-order valence-corrected chi connectivity index (χ4v) is 3.81. The fraction of sp³-hybridized carbons (Fsp3) is 0.588. The Morgan fingerprint density at radius 2 is 2.13 bits per heavy atom. The Balaban J connectivity index is 1.56. The number of hydrogen-bond donors (Lipinski definition) is 4. The molecule has 3 heterocycles. The molecule has 23 heavy (non-hydrogen) atoms. The van der Waals surface area contributed by atoms with Gasteiger partial charge in [-0.05, 0) is 36.6 Å². The molecule has 0 spiro atoms. The molecule has 1 aromatic rings. The van der Waals surface area contributed by atoms with E-state index in [-0.39, 0.29) is 11.9 Å². The molecule has 3 aliphatic heterocycles. The molecule has 0 aliphatic carbocycles. The molecule has 0 radical (unpaired) electrons. The smallest absolute Gasteiger partial charge is 0.254 e. The Morgan fingerprint density at radius 1 is 1.30 bits per heavy atom. The van der Waals surface area contributed by atoms with Crippen LogP contribution < -0.4 is 10.6 Å². The van der Waals surface area contributed by atoms with E-state index in [0.717, 1.165) is 37.1 Å². The third kappa shape index (κ3) is 2.46. The van der Waals surface area contributed by atoms with Crippen LogP contribution in [0.5, 0.6) is 0 Å². The van der Waals surface area contributed by atoms with Gasteiger partial charge in [0.2, 0.25) is 0 Å². The van der Waals surface area contributed by atoms with Crippen molar-refractivity contribution in [2.24, 2.45) is 0 Å². The zero-order valence-corrected chi connectivity index (χ0v) is 13.1. The number of nitrogens with one attached hydrogen (secondary N) is 2. The number of β-amino-alcohol motifs (C(OH)–C–C–N with tert-alkyl or cyclic N) is 1. The van der Waals surface area contributed by atoms with Crippen LogP contribution in [0, 0.1) is 0 Å². The normalized spacial score (nSPS) is 27.5. The summed E-state index contributed by atoms with van der Waals surface area (Å²) in [6.45, 7) is 3.25. The highest BCUT2D eigenvalue weighted by Gasteiger charge is 2.43. The summed E-state index contributed by atoms with van der Waals surface area (Å²) in [5.74, 6) is 0.0822. The summed E-state index contributed by atoms with van der Waals surface area (Å²) in [6, 6.07) is 5.68. The summed E-state index contributed by atoms with van der Waals surface area (Å²) in [7, 11) is 0. The van der Waals surface area contributed by atoms with Crippen molar-refractivity contribution in [3.05, 3.63) is 34.9 Å². The van der Waals surface area contributed by atoms with Crippen LogP contribution in [0.3, 0.4) is 0 Å². The standard InChI is InChI=1S/C17H23N3O3/c21-15(17(23)9-19-10-17)11-3-4-14-12(6-11)8-20(16(14)22)13-2-1-5-18-7-13/h3-4,6,13,15,18-19,21,23H,1-2,5,7-10H2. The zero-order valence-electron chi connectivity index (χ0n) is 13.1. The monoisotopic (exact) mass is 317 g/mol. The molecule has 6 heteroatoms. The topological polar surface area (TPSA) is 84.8 Å². The molecule has 2 atom stereocenters. The van der Waals surface area contributed by atoms with Crippen molar-refractivity contribution in [2.45, 2.75) is 37.1 Å². The van der Waals surface area contributed by atoms with Crippen LogP contribution in [0.2, 0.25) is 0 Å². The first-order valence-corrected chi connectivity index (χ1v) is 8.34. The maximum absolute atomic E-state index is 12.6. The lowest BCUT2D eigenvalue weighted by molar-refractivity contribution is -0.109. The minimum absolute atomic E-state index is 0.0822. The Morgan fingerprint density at radius 3 is 2.78 bits per heavy atom. The third-order valence-electron chi connectivity index (χ3n) is 5.36. The number of hydrogen-bond acceptors (Lipinski definition) is 5. The minimum Gasteiger partial charge on any atom is -0.385 e. The summed E-state index contributed by atoms with van der Waals surface area (Å²) < 4.78 is 0. The van der Waals surface area contributed by atoms with E-state index >= 15 is 0 Å². The predicted octanol–water partition coefficient (Wildman–Crippen LogP) is -0.238. The average Bonchev–Trinajstić information content (AvgIpc) is 2.89. The number of aliphatic hydroxyl groups is 2. The summed E-state index contributed by atoms with van der Waals surface area (Å²) in [4.78, 5) is 14.6. The van der Waals surface area contributed by atoms with E-state index in [9.17, 15) is 15.0 Å². The number of aliphatic hydroxyl groups excluding tert-OH is 1. The highest BCUT2D eigenvalue weighted by molar-refractivity contribution is 5.98. The number of nitrogens with zero attached hydrogens (tertiary/aromatic N) is 1. The van der Waals surface area contributed by atoms with Crippen LogP contribution in [0.1, 0.15) is 40.4 Å². The maximum atomic E-state index is 12.6. The highest BCUT2D eigenvalue weighted by atomic mass is 16.3. The van der Waals surface area contributed by atoms with Crippen LogP contribution in [-0.2, 0) is 6.54 Å². The van der Waals surface area contributed by atoms with Crippen molar-refractivity contribution in [3.63, 3.8) is 0 Å². The van der Waals surface area contributed by atoms with Gasteiger partial charge in [0.25, 0.3) is 5.91 Å². The molecule has 3 aliphatic rings. The van der Waals surface area contributed by atoms with Gasteiger partial charge in [-0.2, -0.15) is 0 Å². The molecular weight excluding hydrogens is 294 g/mol. The molecule has 4 rings (SSSR count).